The summed E-state index contributed by atoms with van der Waals surface area (Å²) in [6.07, 6.45) is 2.85. The molecule has 0 atom stereocenters. The van der Waals surface area contributed by atoms with E-state index >= 15 is 0 Å². The van der Waals surface area contributed by atoms with Crippen LogP contribution in [0, 0.1) is 17.0 Å². The summed E-state index contributed by atoms with van der Waals surface area (Å²) < 4.78 is 6.56. The lowest BCUT2D eigenvalue weighted by atomic mass is 10.1. The van der Waals surface area contributed by atoms with E-state index in [1.165, 1.54) is 29.0 Å². The monoisotopic (exact) mass is 441 g/mol. The molecule has 168 valence electrons. The number of aromatic amines is 1. The Kier molecular flexibility index (Phi) is 6.57. The maximum Gasteiger partial charge on any atom is 0.330 e. The molecule has 3 N–H and O–H groups in total. The number of nitro groups is 1. The highest BCUT2D eigenvalue weighted by Gasteiger charge is 2.27. The Hall–Kier alpha value is -4.15. The van der Waals surface area contributed by atoms with Crippen molar-refractivity contribution < 1.29 is 14.1 Å². The van der Waals surface area contributed by atoms with Crippen LogP contribution in [0.3, 0.4) is 0 Å². The standard InChI is InChI=1S/C21H23N5O6/c1-3-4-9-24-18(22)17(19(27)23-21(24)29)25(12-15-6-5-10-32-15)20(28)16-8-7-14(26(30)31)11-13(16)2/h5-8,10-11H,3-4,9,12,22H2,1-2H3,(H,23,27,29). The average molecular weight is 441 g/mol. The van der Waals surface area contributed by atoms with Crippen molar-refractivity contribution in [3.05, 3.63) is 84.4 Å². The van der Waals surface area contributed by atoms with Crippen LogP contribution in [0.15, 0.2) is 50.6 Å². The van der Waals surface area contributed by atoms with Gasteiger partial charge in [-0.25, -0.2) is 4.79 Å². The molecule has 0 fully saturated rings. The summed E-state index contributed by atoms with van der Waals surface area (Å²) in [5.74, 6) is -0.388. The number of hydrogen-bond donors (Lipinski definition) is 2. The highest BCUT2D eigenvalue weighted by molar-refractivity contribution is 6.08. The van der Waals surface area contributed by atoms with Crippen molar-refractivity contribution in [1.82, 2.24) is 9.55 Å². The van der Waals surface area contributed by atoms with E-state index in [2.05, 4.69) is 4.98 Å². The van der Waals surface area contributed by atoms with Crippen molar-refractivity contribution in [3.8, 4) is 0 Å². The zero-order valence-electron chi connectivity index (χ0n) is 17.7. The van der Waals surface area contributed by atoms with E-state index in [1.54, 1.807) is 19.1 Å². The van der Waals surface area contributed by atoms with Crippen LogP contribution in [-0.2, 0) is 13.1 Å². The van der Waals surface area contributed by atoms with E-state index in [0.29, 0.717) is 17.7 Å². The third-order valence-electron chi connectivity index (χ3n) is 5.01. The highest BCUT2D eigenvalue weighted by atomic mass is 16.6. The molecule has 0 aliphatic rings. The molecule has 11 heteroatoms. The van der Waals surface area contributed by atoms with Gasteiger partial charge in [0.25, 0.3) is 17.2 Å². The number of nitrogens with zero attached hydrogens (tertiary/aromatic N) is 3. The van der Waals surface area contributed by atoms with Crippen molar-refractivity contribution in [1.29, 1.82) is 0 Å². The Balaban J connectivity index is 2.16. The minimum absolute atomic E-state index is 0.137. The smallest absolute Gasteiger partial charge is 0.330 e. The third kappa shape index (κ3) is 4.46. The molecule has 2 heterocycles. The summed E-state index contributed by atoms with van der Waals surface area (Å²) >= 11 is 0. The maximum absolute atomic E-state index is 13.5. The quantitative estimate of drug-likeness (QED) is 0.401. The minimum atomic E-state index is -0.820. The molecule has 3 aromatic rings. The third-order valence-corrected chi connectivity index (χ3v) is 5.01. The molecular weight excluding hydrogens is 418 g/mol. The first-order chi connectivity index (χ1) is 15.2. The van der Waals surface area contributed by atoms with Crippen LogP contribution in [0.1, 0.15) is 41.4 Å². The Morgan fingerprint density at radius 1 is 1.31 bits per heavy atom. The fraction of sp³-hybridized carbons (Fsp3) is 0.286. The number of aryl methyl sites for hydroxylation is 1. The number of carbonyl (C=O) groups is 1. The second-order valence-corrected chi connectivity index (χ2v) is 7.23. The molecule has 0 bridgehead atoms. The Bertz CT molecular complexity index is 1260. The number of nitro benzene ring substituents is 1. The molecule has 0 aliphatic heterocycles. The number of anilines is 2. The highest BCUT2D eigenvalue weighted by Crippen LogP contribution is 2.25. The number of rotatable bonds is 8. The van der Waals surface area contributed by atoms with Gasteiger partial charge in [-0.3, -0.25) is 34.2 Å². The van der Waals surface area contributed by atoms with Crippen molar-refractivity contribution in [2.24, 2.45) is 0 Å². The molecule has 32 heavy (non-hydrogen) atoms. The fourth-order valence-electron chi connectivity index (χ4n) is 3.33. The van der Waals surface area contributed by atoms with Gasteiger partial charge in [-0.1, -0.05) is 13.3 Å². The number of furan rings is 1. The van der Waals surface area contributed by atoms with E-state index in [4.69, 9.17) is 10.2 Å². The van der Waals surface area contributed by atoms with Crippen molar-refractivity contribution >= 4 is 23.1 Å². The van der Waals surface area contributed by atoms with Gasteiger partial charge in [0.2, 0.25) is 0 Å². The van der Waals surface area contributed by atoms with Crippen molar-refractivity contribution in [3.63, 3.8) is 0 Å². The van der Waals surface area contributed by atoms with Gasteiger partial charge in [-0.05, 0) is 37.1 Å². The zero-order valence-corrected chi connectivity index (χ0v) is 17.7. The van der Waals surface area contributed by atoms with Crippen LogP contribution in [0.25, 0.3) is 0 Å². The largest absolute Gasteiger partial charge is 0.467 e. The number of unbranched alkanes of at least 4 members (excludes halogenated alkanes) is 1. The molecule has 0 saturated carbocycles. The summed E-state index contributed by atoms with van der Waals surface area (Å²) in [5.41, 5.74) is 4.85. The Morgan fingerprint density at radius 3 is 2.66 bits per heavy atom. The van der Waals surface area contributed by atoms with Crippen LogP contribution in [-0.4, -0.2) is 20.4 Å². The molecule has 0 saturated heterocycles. The summed E-state index contributed by atoms with van der Waals surface area (Å²) in [7, 11) is 0. The lowest BCUT2D eigenvalue weighted by molar-refractivity contribution is -0.384. The molecule has 3 rings (SSSR count). The number of non-ortho nitro benzene ring substituents is 1. The SMILES string of the molecule is CCCCn1c(N)c(N(Cc2ccco2)C(=O)c2ccc([N+](=O)[O-])cc2C)c(=O)[nH]c1=O. The molecule has 1 aromatic carbocycles. The van der Waals surface area contributed by atoms with Crippen LogP contribution < -0.4 is 21.9 Å². The normalized spacial score (nSPS) is 10.8. The van der Waals surface area contributed by atoms with Crippen molar-refractivity contribution in [2.75, 3.05) is 10.6 Å². The predicted molar refractivity (Wildman–Crippen MR) is 118 cm³/mol. The van der Waals surface area contributed by atoms with Gasteiger partial charge in [0, 0.05) is 24.2 Å². The van der Waals surface area contributed by atoms with E-state index in [9.17, 15) is 24.5 Å². The second kappa shape index (κ2) is 9.33. The second-order valence-electron chi connectivity index (χ2n) is 7.23. The van der Waals surface area contributed by atoms with Gasteiger partial charge >= 0.3 is 5.69 Å². The summed E-state index contributed by atoms with van der Waals surface area (Å²) in [4.78, 5) is 52.4. The zero-order chi connectivity index (χ0) is 23.4. The maximum atomic E-state index is 13.5. The van der Waals surface area contributed by atoms with E-state index in [0.717, 1.165) is 11.3 Å². The molecule has 1 amide bonds. The molecule has 0 radical (unpaired) electrons. The number of nitrogens with one attached hydrogen (secondary N) is 1. The number of carbonyl (C=O) groups excluding carboxylic acids is 1. The Morgan fingerprint density at radius 2 is 2.06 bits per heavy atom. The van der Waals surface area contributed by atoms with Crippen LogP contribution >= 0.6 is 0 Å². The van der Waals surface area contributed by atoms with Gasteiger partial charge in [0.1, 0.15) is 11.6 Å². The first-order valence-electron chi connectivity index (χ1n) is 9.96. The number of H-pyrrole nitrogens is 1. The van der Waals surface area contributed by atoms with Gasteiger partial charge < -0.3 is 10.2 Å². The Labute approximate surface area is 182 Å². The summed E-state index contributed by atoms with van der Waals surface area (Å²) in [6, 6.07) is 7.06. The molecular formula is C21H23N5O6. The van der Waals surface area contributed by atoms with Gasteiger partial charge in [-0.15, -0.1) is 0 Å². The fourth-order valence-corrected chi connectivity index (χ4v) is 3.33. The molecule has 11 nitrogen and oxygen atoms in total. The number of nitrogens with two attached hydrogens (primary N) is 1. The number of benzene rings is 1. The summed E-state index contributed by atoms with van der Waals surface area (Å²) in [5, 5.41) is 11.0. The number of hydrogen-bond acceptors (Lipinski definition) is 7. The topological polar surface area (TPSA) is 157 Å². The van der Waals surface area contributed by atoms with E-state index in [-0.39, 0.29) is 35.8 Å². The molecule has 0 unspecified atom stereocenters. The van der Waals surface area contributed by atoms with Crippen LogP contribution in [0.4, 0.5) is 17.2 Å². The van der Waals surface area contributed by atoms with E-state index < -0.39 is 22.1 Å². The van der Waals surface area contributed by atoms with E-state index in [1.807, 2.05) is 6.92 Å². The number of aromatic nitrogens is 2. The van der Waals surface area contributed by atoms with Gasteiger partial charge in [0.15, 0.2) is 5.69 Å². The summed E-state index contributed by atoms with van der Waals surface area (Å²) in [6.45, 7) is 3.63. The van der Waals surface area contributed by atoms with Crippen LogP contribution in [0.5, 0.6) is 0 Å². The lowest BCUT2D eigenvalue weighted by Gasteiger charge is -2.24. The van der Waals surface area contributed by atoms with Crippen LogP contribution in [0.2, 0.25) is 0 Å². The predicted octanol–water partition coefficient (Wildman–Crippen LogP) is 2.58. The molecule has 2 aromatic heterocycles. The number of amides is 1. The molecule has 0 aliphatic carbocycles. The van der Waals surface area contributed by atoms with Gasteiger partial charge in [0.05, 0.1) is 17.7 Å². The minimum Gasteiger partial charge on any atom is -0.467 e. The van der Waals surface area contributed by atoms with Gasteiger partial charge in [-0.2, -0.15) is 0 Å². The first-order valence-corrected chi connectivity index (χ1v) is 9.96. The molecule has 0 spiro atoms. The lowest BCUT2D eigenvalue weighted by Crippen LogP contribution is -2.41. The number of nitrogen functional groups attached to an aromatic ring is 1. The van der Waals surface area contributed by atoms with Crippen molar-refractivity contribution in [2.45, 2.75) is 39.8 Å². The average Bonchev–Trinajstić information content (AvgIpc) is 3.25. The first kappa shape index (κ1) is 22.5.